The molecule has 0 spiro atoms. The number of benzene rings is 1. The predicted octanol–water partition coefficient (Wildman–Crippen LogP) is 3.55. The Hall–Kier alpha value is -0.810. The van der Waals surface area contributed by atoms with E-state index in [0.717, 1.165) is 12.8 Å². The van der Waals surface area contributed by atoms with E-state index in [2.05, 4.69) is 15.9 Å². The normalized spacial score (nSPS) is 23.6. The highest BCUT2D eigenvalue weighted by Gasteiger charge is 2.30. The third-order valence-corrected chi connectivity index (χ3v) is 3.43. The molecule has 1 aromatic rings. The lowest BCUT2D eigenvalue weighted by Gasteiger charge is -2.31. The minimum Gasteiger partial charge on any atom is -0.483 e. The van der Waals surface area contributed by atoms with Gasteiger partial charge in [0.15, 0.2) is 5.75 Å². The number of alkyl halides is 1. The number of ether oxygens (including phenoxy) is 1. The van der Waals surface area contributed by atoms with Crippen LogP contribution in [0, 0.1) is 10.1 Å². The molecule has 0 unspecified atom stereocenters. The molecule has 0 aromatic heterocycles. The highest BCUT2D eigenvalue weighted by Crippen LogP contribution is 2.36. The van der Waals surface area contributed by atoms with Crippen LogP contribution in [0.2, 0.25) is 5.02 Å². The second kappa shape index (κ2) is 4.59. The van der Waals surface area contributed by atoms with E-state index in [-0.39, 0.29) is 11.8 Å². The maximum absolute atomic E-state index is 10.8. The van der Waals surface area contributed by atoms with Gasteiger partial charge in [-0.05, 0) is 25.0 Å². The molecule has 0 N–H and O–H groups in total. The summed E-state index contributed by atoms with van der Waals surface area (Å²) in [5.41, 5.74) is -0.0782. The molecule has 1 aliphatic carbocycles. The van der Waals surface area contributed by atoms with Gasteiger partial charge in [0.25, 0.3) is 0 Å². The predicted molar refractivity (Wildman–Crippen MR) is 64.5 cm³/mol. The van der Waals surface area contributed by atoms with Crippen LogP contribution in [0.25, 0.3) is 0 Å². The van der Waals surface area contributed by atoms with E-state index >= 15 is 0 Å². The molecule has 1 fully saturated rings. The van der Waals surface area contributed by atoms with Gasteiger partial charge in [-0.2, -0.15) is 0 Å². The van der Waals surface area contributed by atoms with Crippen molar-refractivity contribution in [3.63, 3.8) is 0 Å². The third kappa shape index (κ3) is 2.47. The van der Waals surface area contributed by atoms with Crippen LogP contribution in [0.4, 0.5) is 5.69 Å². The minimum atomic E-state index is -0.481. The van der Waals surface area contributed by atoms with Gasteiger partial charge in [0.05, 0.1) is 4.92 Å². The van der Waals surface area contributed by atoms with E-state index in [1.807, 2.05) is 0 Å². The lowest BCUT2D eigenvalue weighted by Crippen LogP contribution is -2.34. The molecule has 1 saturated carbocycles. The van der Waals surface area contributed by atoms with Crippen molar-refractivity contribution in [3.05, 3.63) is 33.3 Å². The molecule has 2 rings (SSSR count). The van der Waals surface area contributed by atoms with E-state index in [4.69, 9.17) is 16.3 Å². The summed E-state index contributed by atoms with van der Waals surface area (Å²) in [6.45, 7) is 0. The van der Waals surface area contributed by atoms with Crippen LogP contribution in [-0.4, -0.2) is 15.9 Å². The van der Waals surface area contributed by atoms with Crippen LogP contribution in [-0.2, 0) is 0 Å². The number of hydrogen-bond donors (Lipinski definition) is 0. The Bertz CT molecular complexity index is 421. The van der Waals surface area contributed by atoms with Gasteiger partial charge in [0.1, 0.15) is 6.10 Å². The molecule has 1 aromatic carbocycles. The Morgan fingerprint density at radius 3 is 2.75 bits per heavy atom. The molecule has 0 radical (unpaired) electrons. The highest BCUT2D eigenvalue weighted by molar-refractivity contribution is 9.09. The fourth-order valence-electron chi connectivity index (χ4n) is 1.51. The summed E-state index contributed by atoms with van der Waals surface area (Å²) in [5, 5.41) is 11.1. The Balaban J connectivity index is 2.16. The Morgan fingerprint density at radius 2 is 2.19 bits per heavy atom. The van der Waals surface area contributed by atoms with Gasteiger partial charge in [0, 0.05) is 15.9 Å². The van der Waals surface area contributed by atoms with Crippen molar-refractivity contribution < 1.29 is 9.66 Å². The van der Waals surface area contributed by atoms with E-state index < -0.39 is 4.92 Å². The number of rotatable bonds is 3. The smallest absolute Gasteiger partial charge is 0.312 e. The standard InChI is InChI=1S/C10H9BrClNO3/c11-6-3-8(4-6)16-10-2-1-7(12)5-9(10)13(14)15/h1-2,5-6,8H,3-4H2. The average molecular weight is 307 g/mol. The first-order valence-electron chi connectivity index (χ1n) is 4.81. The number of nitrogens with zero attached hydrogens (tertiary/aromatic N) is 1. The molecule has 0 atom stereocenters. The van der Waals surface area contributed by atoms with Gasteiger partial charge in [-0.15, -0.1) is 0 Å². The first-order chi connectivity index (χ1) is 7.56. The molecule has 0 bridgehead atoms. The number of nitro benzene ring substituents is 1. The zero-order valence-corrected chi connectivity index (χ0v) is 10.6. The summed E-state index contributed by atoms with van der Waals surface area (Å²) < 4.78 is 5.54. The van der Waals surface area contributed by atoms with Gasteiger partial charge in [-0.25, -0.2) is 0 Å². The minimum absolute atomic E-state index is 0.0595. The summed E-state index contributed by atoms with van der Waals surface area (Å²) in [5.74, 6) is 0.291. The Morgan fingerprint density at radius 1 is 1.50 bits per heavy atom. The molecule has 4 nitrogen and oxygen atoms in total. The molecular weight excluding hydrogens is 297 g/mol. The van der Waals surface area contributed by atoms with Crippen molar-refractivity contribution in [1.82, 2.24) is 0 Å². The van der Waals surface area contributed by atoms with Crippen LogP contribution in [0.3, 0.4) is 0 Å². The molecular formula is C10H9BrClNO3. The lowest BCUT2D eigenvalue weighted by molar-refractivity contribution is -0.386. The molecule has 0 heterocycles. The fourth-order valence-corrected chi connectivity index (χ4v) is 2.51. The summed E-state index contributed by atoms with van der Waals surface area (Å²) in [4.78, 5) is 10.8. The first kappa shape index (κ1) is 11.7. The van der Waals surface area contributed by atoms with Crippen LogP contribution < -0.4 is 4.74 Å². The maximum atomic E-state index is 10.8. The van der Waals surface area contributed by atoms with Gasteiger partial charge >= 0.3 is 5.69 Å². The van der Waals surface area contributed by atoms with Gasteiger partial charge < -0.3 is 4.74 Å². The molecule has 86 valence electrons. The SMILES string of the molecule is O=[N+]([O-])c1cc(Cl)ccc1OC1CC(Br)C1. The quantitative estimate of drug-likeness (QED) is 0.487. The molecule has 0 aliphatic heterocycles. The topological polar surface area (TPSA) is 52.4 Å². The fraction of sp³-hybridized carbons (Fsp3) is 0.400. The van der Waals surface area contributed by atoms with Crippen molar-refractivity contribution in [3.8, 4) is 5.75 Å². The Kier molecular flexibility index (Phi) is 3.35. The molecule has 1 aliphatic rings. The first-order valence-corrected chi connectivity index (χ1v) is 6.10. The van der Waals surface area contributed by atoms with Crippen molar-refractivity contribution in [2.24, 2.45) is 0 Å². The summed E-state index contributed by atoms with van der Waals surface area (Å²) in [6, 6.07) is 4.44. The maximum Gasteiger partial charge on any atom is 0.312 e. The summed E-state index contributed by atoms with van der Waals surface area (Å²) >= 11 is 9.14. The molecule has 16 heavy (non-hydrogen) atoms. The second-order valence-electron chi connectivity index (χ2n) is 3.68. The number of halogens is 2. The van der Waals surface area contributed by atoms with E-state index in [1.165, 1.54) is 6.07 Å². The zero-order valence-electron chi connectivity index (χ0n) is 8.23. The Labute approximate surface area is 106 Å². The van der Waals surface area contributed by atoms with Gasteiger partial charge in [0.2, 0.25) is 0 Å². The largest absolute Gasteiger partial charge is 0.483 e. The van der Waals surface area contributed by atoms with Gasteiger partial charge in [-0.1, -0.05) is 27.5 Å². The average Bonchev–Trinajstić information content (AvgIpc) is 2.17. The monoisotopic (exact) mass is 305 g/mol. The van der Waals surface area contributed by atoms with E-state index in [1.54, 1.807) is 12.1 Å². The van der Waals surface area contributed by atoms with E-state index in [9.17, 15) is 10.1 Å². The van der Waals surface area contributed by atoms with Gasteiger partial charge in [-0.3, -0.25) is 10.1 Å². The summed E-state index contributed by atoms with van der Waals surface area (Å²) in [7, 11) is 0. The molecule has 6 heteroatoms. The highest BCUT2D eigenvalue weighted by atomic mass is 79.9. The lowest BCUT2D eigenvalue weighted by atomic mass is 9.96. The van der Waals surface area contributed by atoms with Crippen molar-refractivity contribution in [2.75, 3.05) is 0 Å². The summed E-state index contributed by atoms with van der Waals surface area (Å²) in [6.07, 6.45) is 1.81. The third-order valence-electron chi connectivity index (χ3n) is 2.45. The second-order valence-corrected chi connectivity index (χ2v) is 5.41. The number of hydrogen-bond acceptors (Lipinski definition) is 3. The zero-order chi connectivity index (χ0) is 11.7. The van der Waals surface area contributed by atoms with Crippen molar-refractivity contribution in [2.45, 2.75) is 23.8 Å². The van der Waals surface area contributed by atoms with Crippen molar-refractivity contribution >= 4 is 33.2 Å². The van der Waals surface area contributed by atoms with Crippen LogP contribution in [0.15, 0.2) is 18.2 Å². The molecule has 0 amide bonds. The van der Waals surface area contributed by atoms with Crippen molar-refractivity contribution in [1.29, 1.82) is 0 Å². The molecule has 0 saturated heterocycles. The van der Waals surface area contributed by atoms with E-state index in [0.29, 0.717) is 15.6 Å². The number of nitro groups is 1. The van der Waals surface area contributed by atoms with Crippen LogP contribution in [0.1, 0.15) is 12.8 Å². The van der Waals surface area contributed by atoms with Crippen LogP contribution in [0.5, 0.6) is 5.75 Å². The van der Waals surface area contributed by atoms with Crippen LogP contribution >= 0.6 is 27.5 Å².